The summed E-state index contributed by atoms with van der Waals surface area (Å²) in [6.45, 7) is 5.44. The van der Waals surface area contributed by atoms with Crippen LogP contribution in [-0.2, 0) is 12.0 Å². The molecule has 4 heteroatoms. The van der Waals surface area contributed by atoms with Gasteiger partial charge in [-0.3, -0.25) is 9.37 Å². The Hall–Kier alpha value is -0.640. The standard InChI is InChI=1S/C11H19FN2S/c1-4-5-6-9-7-14(15-10(9)13)11(2,3)8-12/h7,13H,4-6,8H2,1-3H3. The molecule has 1 aromatic heterocycles. The molecule has 0 aliphatic rings. The van der Waals surface area contributed by atoms with Crippen LogP contribution in [0.25, 0.3) is 0 Å². The van der Waals surface area contributed by atoms with Crippen molar-refractivity contribution in [2.45, 2.75) is 45.6 Å². The van der Waals surface area contributed by atoms with Crippen molar-refractivity contribution in [3.63, 3.8) is 0 Å². The molecule has 0 saturated carbocycles. The molecule has 0 aliphatic carbocycles. The number of hydrogen-bond donors (Lipinski definition) is 1. The first kappa shape index (κ1) is 12.4. The lowest BCUT2D eigenvalue weighted by Crippen LogP contribution is -2.26. The fourth-order valence-corrected chi connectivity index (χ4v) is 2.23. The van der Waals surface area contributed by atoms with Gasteiger partial charge in [0.25, 0.3) is 0 Å². The monoisotopic (exact) mass is 230 g/mol. The van der Waals surface area contributed by atoms with Crippen molar-refractivity contribution in [1.29, 1.82) is 5.41 Å². The lowest BCUT2D eigenvalue weighted by Gasteiger charge is -2.21. The van der Waals surface area contributed by atoms with E-state index in [4.69, 9.17) is 5.41 Å². The summed E-state index contributed by atoms with van der Waals surface area (Å²) in [5.41, 5.74) is 0.536. The fourth-order valence-electron chi connectivity index (χ4n) is 1.29. The number of alkyl halides is 1. The van der Waals surface area contributed by atoms with Gasteiger partial charge in [-0.15, -0.1) is 0 Å². The van der Waals surface area contributed by atoms with Gasteiger partial charge in [0, 0.05) is 11.8 Å². The molecule has 15 heavy (non-hydrogen) atoms. The molecule has 0 unspecified atom stereocenters. The summed E-state index contributed by atoms with van der Waals surface area (Å²) in [6, 6.07) is 0. The van der Waals surface area contributed by atoms with Crippen LogP contribution in [0.2, 0.25) is 0 Å². The zero-order valence-electron chi connectivity index (χ0n) is 9.64. The number of nitrogens with one attached hydrogen (secondary N) is 1. The highest BCUT2D eigenvalue weighted by molar-refractivity contribution is 7.03. The number of aryl methyl sites for hydroxylation is 1. The molecule has 0 spiro atoms. The summed E-state index contributed by atoms with van der Waals surface area (Å²) in [5, 5.41) is 7.80. The van der Waals surface area contributed by atoms with Crippen LogP contribution in [0, 0.1) is 5.41 Å². The number of unbranched alkanes of at least 4 members (excludes halogenated alkanes) is 1. The average molecular weight is 230 g/mol. The first-order valence-corrected chi connectivity index (χ1v) is 6.11. The molecule has 1 rings (SSSR count). The lowest BCUT2D eigenvalue weighted by molar-refractivity contribution is 0.273. The topological polar surface area (TPSA) is 28.8 Å². The van der Waals surface area contributed by atoms with Crippen LogP contribution in [0.15, 0.2) is 6.20 Å². The van der Waals surface area contributed by atoms with E-state index < -0.39 is 12.2 Å². The van der Waals surface area contributed by atoms with Gasteiger partial charge in [0.15, 0.2) is 0 Å². The van der Waals surface area contributed by atoms with Gasteiger partial charge in [0.1, 0.15) is 11.3 Å². The Morgan fingerprint density at radius 2 is 2.20 bits per heavy atom. The van der Waals surface area contributed by atoms with Crippen molar-refractivity contribution in [2.75, 3.05) is 6.67 Å². The second-order valence-corrected chi connectivity index (χ2v) is 5.43. The van der Waals surface area contributed by atoms with E-state index in [0.717, 1.165) is 24.8 Å². The fraction of sp³-hybridized carbons (Fsp3) is 0.727. The number of aromatic nitrogens is 1. The van der Waals surface area contributed by atoms with E-state index in [1.165, 1.54) is 11.5 Å². The normalized spacial score (nSPS) is 12.0. The smallest absolute Gasteiger partial charge is 0.129 e. The molecule has 0 bridgehead atoms. The van der Waals surface area contributed by atoms with Crippen LogP contribution in [0.3, 0.4) is 0 Å². The van der Waals surface area contributed by atoms with Crippen molar-refractivity contribution in [1.82, 2.24) is 3.96 Å². The Morgan fingerprint density at radius 1 is 1.53 bits per heavy atom. The third-order valence-electron chi connectivity index (χ3n) is 2.48. The summed E-state index contributed by atoms with van der Waals surface area (Å²) < 4.78 is 15.2. The van der Waals surface area contributed by atoms with E-state index in [2.05, 4.69) is 6.92 Å². The van der Waals surface area contributed by atoms with Crippen LogP contribution in [0.1, 0.15) is 39.2 Å². The number of halogens is 1. The third kappa shape index (κ3) is 2.91. The van der Waals surface area contributed by atoms with E-state index in [1.807, 2.05) is 24.0 Å². The average Bonchev–Trinajstić information content (AvgIpc) is 2.57. The van der Waals surface area contributed by atoms with Crippen LogP contribution in [-0.4, -0.2) is 10.6 Å². The minimum Gasteiger partial charge on any atom is -0.295 e. The molecular weight excluding hydrogens is 211 g/mol. The molecule has 1 aromatic rings. The van der Waals surface area contributed by atoms with E-state index in [9.17, 15) is 4.39 Å². The molecule has 1 N–H and O–H groups in total. The summed E-state index contributed by atoms with van der Waals surface area (Å²) >= 11 is 1.34. The number of nitrogens with zero attached hydrogens (tertiary/aromatic N) is 1. The Morgan fingerprint density at radius 3 is 2.73 bits per heavy atom. The first-order valence-electron chi connectivity index (χ1n) is 5.34. The number of rotatable bonds is 5. The van der Waals surface area contributed by atoms with E-state index >= 15 is 0 Å². The maximum Gasteiger partial charge on any atom is 0.129 e. The van der Waals surface area contributed by atoms with Gasteiger partial charge in [-0.1, -0.05) is 13.3 Å². The van der Waals surface area contributed by atoms with Gasteiger partial charge in [-0.25, -0.2) is 4.39 Å². The summed E-state index contributed by atoms with van der Waals surface area (Å²) in [4.78, 5) is 0. The zero-order valence-corrected chi connectivity index (χ0v) is 10.5. The van der Waals surface area contributed by atoms with E-state index in [0.29, 0.717) is 4.67 Å². The predicted molar refractivity (Wildman–Crippen MR) is 62.1 cm³/mol. The molecule has 0 aliphatic heterocycles. The summed E-state index contributed by atoms with van der Waals surface area (Å²) in [7, 11) is 0. The maximum absolute atomic E-state index is 12.8. The molecule has 0 saturated heterocycles. The van der Waals surface area contributed by atoms with Crippen molar-refractivity contribution < 1.29 is 4.39 Å². The number of hydrogen-bond acceptors (Lipinski definition) is 2. The summed E-state index contributed by atoms with van der Waals surface area (Å²) in [5.74, 6) is 0. The lowest BCUT2D eigenvalue weighted by atomic mass is 10.1. The van der Waals surface area contributed by atoms with Crippen molar-refractivity contribution in [3.8, 4) is 0 Å². The highest BCUT2D eigenvalue weighted by Crippen LogP contribution is 2.18. The molecule has 0 amide bonds. The third-order valence-corrected chi connectivity index (χ3v) is 3.72. The van der Waals surface area contributed by atoms with Gasteiger partial charge in [-0.05, 0) is 38.2 Å². The molecule has 0 fully saturated rings. The van der Waals surface area contributed by atoms with Crippen LogP contribution in [0.5, 0.6) is 0 Å². The van der Waals surface area contributed by atoms with Crippen LogP contribution >= 0.6 is 11.5 Å². The summed E-state index contributed by atoms with van der Waals surface area (Å²) in [6.07, 6.45) is 5.09. The van der Waals surface area contributed by atoms with E-state index in [-0.39, 0.29) is 0 Å². The van der Waals surface area contributed by atoms with Gasteiger partial charge in [0.2, 0.25) is 0 Å². The highest BCUT2D eigenvalue weighted by atomic mass is 32.1. The quantitative estimate of drug-likeness (QED) is 0.805. The van der Waals surface area contributed by atoms with Crippen LogP contribution in [0.4, 0.5) is 4.39 Å². The van der Waals surface area contributed by atoms with Gasteiger partial charge >= 0.3 is 0 Å². The van der Waals surface area contributed by atoms with E-state index in [1.54, 1.807) is 0 Å². The molecular formula is C11H19FN2S. The second kappa shape index (κ2) is 4.92. The van der Waals surface area contributed by atoms with Gasteiger partial charge < -0.3 is 0 Å². The van der Waals surface area contributed by atoms with Crippen molar-refractivity contribution in [2.24, 2.45) is 0 Å². The molecule has 1 heterocycles. The van der Waals surface area contributed by atoms with Crippen molar-refractivity contribution in [3.05, 3.63) is 16.4 Å². The Kier molecular flexibility index (Phi) is 4.08. The molecule has 0 atom stereocenters. The molecule has 2 nitrogen and oxygen atoms in total. The first-order chi connectivity index (χ1) is 7.01. The Bertz CT molecular complexity index is 365. The highest BCUT2D eigenvalue weighted by Gasteiger charge is 2.21. The van der Waals surface area contributed by atoms with Crippen molar-refractivity contribution >= 4 is 11.5 Å². The maximum atomic E-state index is 12.8. The Labute approximate surface area is 94.4 Å². The van der Waals surface area contributed by atoms with Gasteiger partial charge in [-0.2, -0.15) is 0 Å². The zero-order chi connectivity index (χ0) is 11.5. The minimum absolute atomic E-state index is 0.398. The molecule has 0 radical (unpaired) electrons. The minimum atomic E-state index is -0.509. The largest absolute Gasteiger partial charge is 0.295 e. The van der Waals surface area contributed by atoms with Gasteiger partial charge in [0.05, 0.1) is 5.54 Å². The molecule has 0 aromatic carbocycles. The predicted octanol–water partition coefficient (Wildman–Crippen LogP) is 3.08. The second-order valence-electron chi connectivity index (χ2n) is 4.45. The van der Waals surface area contributed by atoms with Crippen LogP contribution < -0.4 is 4.67 Å². The SMILES string of the molecule is CCCCc1cn(C(C)(C)CF)sc1=N. The Balaban J connectivity index is 2.90. The molecule has 86 valence electrons.